The lowest BCUT2D eigenvalue weighted by Gasteiger charge is -2.24. The van der Waals surface area contributed by atoms with Gasteiger partial charge in [0.2, 0.25) is 0 Å². The summed E-state index contributed by atoms with van der Waals surface area (Å²) in [5, 5.41) is 2.72. The van der Waals surface area contributed by atoms with E-state index >= 15 is 0 Å². The molecule has 2 aliphatic rings. The molecule has 2 aromatic carbocycles. The monoisotopic (exact) mass is 537 g/mol. The quantitative estimate of drug-likeness (QED) is 0.415. The summed E-state index contributed by atoms with van der Waals surface area (Å²) in [5.74, 6) is -0.937. The standard InChI is InChI=1S/C26H21BrFN3O2S/c1-15-6-4-8-18(28)23(15)30-25(32)21-14-16-12-13-31(26(33)19-9-5-11-22(27)29-19)20-10-3-2-7-17(20)24(16)34-21/h2-4,6-10,14H,5,11-13H2,1H3,(H,30,32). The van der Waals surface area contributed by atoms with Crippen molar-refractivity contribution < 1.29 is 14.0 Å². The van der Waals surface area contributed by atoms with Gasteiger partial charge >= 0.3 is 0 Å². The summed E-state index contributed by atoms with van der Waals surface area (Å²) >= 11 is 4.78. The van der Waals surface area contributed by atoms with Crippen LogP contribution < -0.4 is 10.2 Å². The van der Waals surface area contributed by atoms with E-state index in [0.717, 1.165) is 39.2 Å². The van der Waals surface area contributed by atoms with Gasteiger partial charge in [0.05, 0.1) is 20.9 Å². The van der Waals surface area contributed by atoms with Crippen molar-refractivity contribution in [3.05, 3.63) is 82.1 Å². The molecule has 0 saturated carbocycles. The molecule has 0 unspecified atom stereocenters. The molecule has 0 fully saturated rings. The zero-order valence-electron chi connectivity index (χ0n) is 18.4. The molecule has 3 heterocycles. The van der Waals surface area contributed by atoms with Crippen LogP contribution in [0.15, 0.2) is 65.3 Å². The fraction of sp³-hybridized carbons (Fsp3) is 0.192. The van der Waals surface area contributed by atoms with Gasteiger partial charge in [-0.15, -0.1) is 11.3 Å². The number of fused-ring (bicyclic) bond motifs is 3. The maximum atomic E-state index is 14.2. The number of rotatable bonds is 3. The normalized spacial score (nSPS) is 15.0. The largest absolute Gasteiger partial charge is 0.319 e. The summed E-state index contributed by atoms with van der Waals surface area (Å²) in [5.41, 5.74) is 3.98. The van der Waals surface area contributed by atoms with E-state index in [2.05, 4.69) is 26.2 Å². The van der Waals surface area contributed by atoms with Crippen molar-refractivity contribution in [3.8, 4) is 10.4 Å². The second kappa shape index (κ2) is 9.27. The number of nitrogens with one attached hydrogen (secondary N) is 1. The lowest BCUT2D eigenvalue weighted by atomic mass is 10.1. The Morgan fingerprint density at radius 1 is 1.15 bits per heavy atom. The molecule has 0 atom stereocenters. The Morgan fingerprint density at radius 2 is 1.97 bits per heavy atom. The Kier molecular flexibility index (Phi) is 6.18. The van der Waals surface area contributed by atoms with Crippen molar-refractivity contribution in [2.24, 2.45) is 4.99 Å². The van der Waals surface area contributed by atoms with E-state index < -0.39 is 5.82 Å². The lowest BCUT2D eigenvalue weighted by Crippen LogP contribution is -2.33. The van der Waals surface area contributed by atoms with Gasteiger partial charge in [0.25, 0.3) is 11.8 Å². The Hall–Kier alpha value is -3.10. The number of aryl methyl sites for hydroxylation is 1. The Bertz CT molecular complexity index is 1360. The maximum absolute atomic E-state index is 14.2. The molecule has 34 heavy (non-hydrogen) atoms. The second-order valence-electron chi connectivity index (χ2n) is 8.19. The van der Waals surface area contributed by atoms with E-state index in [-0.39, 0.29) is 17.5 Å². The van der Waals surface area contributed by atoms with Crippen LogP contribution in [0.1, 0.15) is 33.6 Å². The molecule has 1 N–H and O–H groups in total. The van der Waals surface area contributed by atoms with E-state index in [1.54, 1.807) is 24.0 Å². The first-order valence-electron chi connectivity index (χ1n) is 11.0. The fourth-order valence-corrected chi connectivity index (χ4v) is 5.78. The van der Waals surface area contributed by atoms with Crippen molar-refractivity contribution in [1.82, 2.24) is 0 Å². The van der Waals surface area contributed by atoms with Crippen LogP contribution >= 0.6 is 27.3 Å². The van der Waals surface area contributed by atoms with Gasteiger partial charge in [-0.1, -0.05) is 36.4 Å². The third-order valence-electron chi connectivity index (χ3n) is 5.93. The van der Waals surface area contributed by atoms with Crippen LogP contribution in [0, 0.1) is 12.7 Å². The fourth-order valence-electron chi connectivity index (χ4n) is 4.22. The summed E-state index contributed by atoms with van der Waals surface area (Å²) in [6.45, 7) is 2.23. The van der Waals surface area contributed by atoms with Crippen LogP contribution in [0.3, 0.4) is 0 Å². The second-order valence-corrected chi connectivity index (χ2v) is 10.2. The Morgan fingerprint density at radius 3 is 2.76 bits per heavy atom. The summed E-state index contributed by atoms with van der Waals surface area (Å²) < 4.78 is 15.0. The minimum absolute atomic E-state index is 0.132. The number of carbonyl (C=O) groups excluding carboxylic acids is 2. The minimum atomic E-state index is -0.461. The first-order valence-corrected chi connectivity index (χ1v) is 12.6. The zero-order chi connectivity index (χ0) is 23.8. The molecule has 5 nitrogen and oxygen atoms in total. The van der Waals surface area contributed by atoms with Gasteiger partial charge in [-0.05, 0) is 71.4 Å². The van der Waals surface area contributed by atoms with E-state index in [0.29, 0.717) is 29.1 Å². The number of hydrogen-bond donors (Lipinski definition) is 1. The molecule has 1 aromatic heterocycles. The highest BCUT2D eigenvalue weighted by molar-refractivity contribution is 9.18. The number of halogens is 2. The van der Waals surface area contributed by atoms with Crippen molar-refractivity contribution in [2.75, 3.05) is 16.8 Å². The number of para-hydroxylation sites is 2. The van der Waals surface area contributed by atoms with E-state index in [1.807, 2.05) is 36.4 Å². The Balaban J connectivity index is 1.48. The molecular formula is C26H21BrFN3O2S. The minimum Gasteiger partial charge on any atom is -0.319 e. The number of benzene rings is 2. The number of carbonyl (C=O) groups is 2. The summed E-state index contributed by atoms with van der Waals surface area (Å²) in [6.07, 6.45) is 4.04. The number of allylic oxidation sites excluding steroid dienone is 1. The van der Waals surface area contributed by atoms with Crippen molar-refractivity contribution in [1.29, 1.82) is 0 Å². The lowest BCUT2D eigenvalue weighted by molar-refractivity contribution is -0.115. The molecular weight excluding hydrogens is 517 g/mol. The molecule has 0 spiro atoms. The highest BCUT2D eigenvalue weighted by Crippen LogP contribution is 2.42. The molecule has 172 valence electrons. The van der Waals surface area contributed by atoms with Crippen molar-refractivity contribution in [3.63, 3.8) is 0 Å². The van der Waals surface area contributed by atoms with Gasteiger partial charge in [0, 0.05) is 17.0 Å². The average Bonchev–Trinajstić information content (AvgIpc) is 3.19. The van der Waals surface area contributed by atoms with Crippen LogP contribution in [-0.4, -0.2) is 23.0 Å². The van der Waals surface area contributed by atoms with Crippen LogP contribution in [0.25, 0.3) is 10.4 Å². The molecule has 8 heteroatoms. The number of anilines is 2. The van der Waals surface area contributed by atoms with E-state index in [1.165, 1.54) is 17.4 Å². The average molecular weight is 538 g/mol. The molecule has 5 rings (SSSR count). The molecule has 0 aliphatic carbocycles. The highest BCUT2D eigenvalue weighted by Gasteiger charge is 2.29. The predicted octanol–water partition coefficient (Wildman–Crippen LogP) is 6.48. The summed E-state index contributed by atoms with van der Waals surface area (Å²) in [4.78, 5) is 34.0. The predicted molar refractivity (Wildman–Crippen MR) is 139 cm³/mol. The zero-order valence-corrected chi connectivity index (χ0v) is 20.8. The van der Waals surface area contributed by atoms with Gasteiger partial charge in [-0.3, -0.25) is 9.59 Å². The molecule has 3 aromatic rings. The van der Waals surface area contributed by atoms with Crippen molar-refractivity contribution in [2.45, 2.75) is 26.2 Å². The number of amides is 2. The number of hydrogen-bond acceptors (Lipinski definition) is 4. The van der Waals surface area contributed by atoms with Crippen molar-refractivity contribution >= 4 is 55.1 Å². The highest BCUT2D eigenvalue weighted by atomic mass is 79.9. The summed E-state index contributed by atoms with van der Waals surface area (Å²) in [6, 6.07) is 14.3. The summed E-state index contributed by atoms with van der Waals surface area (Å²) in [7, 11) is 0. The number of thiophene rings is 1. The SMILES string of the molecule is Cc1cccc(F)c1NC(=O)c1cc2c(s1)-c1ccccc1N(C(=O)C1=CCCC(Br)=N1)CC2. The van der Waals surface area contributed by atoms with Gasteiger partial charge < -0.3 is 10.2 Å². The third kappa shape index (κ3) is 4.23. The molecule has 0 saturated heterocycles. The number of nitrogens with zero attached hydrogens (tertiary/aromatic N) is 2. The maximum Gasteiger partial charge on any atom is 0.276 e. The van der Waals surface area contributed by atoms with E-state index in [9.17, 15) is 14.0 Å². The van der Waals surface area contributed by atoms with Gasteiger partial charge in [0.1, 0.15) is 11.5 Å². The van der Waals surface area contributed by atoms with Crippen LogP contribution in [-0.2, 0) is 11.2 Å². The topological polar surface area (TPSA) is 61.8 Å². The van der Waals surface area contributed by atoms with E-state index in [4.69, 9.17) is 0 Å². The van der Waals surface area contributed by atoms with Gasteiger partial charge in [-0.2, -0.15) is 0 Å². The van der Waals surface area contributed by atoms with Crippen LogP contribution in [0.4, 0.5) is 15.8 Å². The van der Waals surface area contributed by atoms with Gasteiger partial charge in [-0.25, -0.2) is 9.38 Å². The molecule has 0 bridgehead atoms. The van der Waals surface area contributed by atoms with Crippen LogP contribution in [0.2, 0.25) is 0 Å². The molecule has 0 radical (unpaired) electrons. The first kappa shape index (κ1) is 22.7. The van der Waals surface area contributed by atoms with Gasteiger partial charge in [0.15, 0.2) is 0 Å². The third-order valence-corrected chi connectivity index (χ3v) is 7.72. The number of aliphatic imine (C=N–C) groups is 1. The molecule has 2 amide bonds. The van der Waals surface area contributed by atoms with Crippen LogP contribution in [0.5, 0.6) is 0 Å². The first-order chi connectivity index (χ1) is 16.4. The molecule has 2 aliphatic heterocycles. The smallest absolute Gasteiger partial charge is 0.276 e. The Labute approximate surface area is 209 Å².